The van der Waals surface area contributed by atoms with Crippen molar-refractivity contribution < 1.29 is 17.6 Å². The van der Waals surface area contributed by atoms with Crippen molar-refractivity contribution in [2.75, 3.05) is 45.0 Å². The number of nitrogens with zero attached hydrogens (tertiary/aromatic N) is 2. The van der Waals surface area contributed by atoms with Crippen molar-refractivity contribution in [2.45, 2.75) is 26.2 Å². The molecule has 0 radical (unpaired) electrons. The van der Waals surface area contributed by atoms with Crippen LogP contribution in [0.5, 0.6) is 0 Å². The molecule has 0 atom stereocenters. The summed E-state index contributed by atoms with van der Waals surface area (Å²) < 4.78 is 40.5. The summed E-state index contributed by atoms with van der Waals surface area (Å²) in [7, 11) is -3.43. The predicted molar refractivity (Wildman–Crippen MR) is 100 cm³/mol. The average molecular weight is 386 g/mol. The van der Waals surface area contributed by atoms with Gasteiger partial charge in [-0.2, -0.15) is 4.31 Å². The number of nitrogens with one attached hydrogen (secondary N) is 1. The fourth-order valence-electron chi connectivity index (χ4n) is 2.95. The number of amides is 1. The summed E-state index contributed by atoms with van der Waals surface area (Å²) in [4.78, 5) is 14.2. The Morgan fingerprint density at radius 1 is 1.19 bits per heavy atom. The van der Waals surface area contributed by atoms with Crippen LogP contribution in [0.4, 0.5) is 4.39 Å². The van der Waals surface area contributed by atoms with E-state index in [1.54, 1.807) is 6.07 Å². The molecule has 1 aromatic rings. The molecule has 1 amide bonds. The Kier molecular flexibility index (Phi) is 7.99. The molecule has 8 heteroatoms. The smallest absolute Gasteiger partial charge is 0.256 e. The standard InChI is InChI=1S/C18H28FN3O3S/c1-2-3-6-11-21(18(23)16-7-4-5-8-17(16)19)14-15-26(24,25)22-12-9-20-10-13-22/h4-5,7-8,20H,2-3,6,9-15H2,1H3. The van der Waals surface area contributed by atoms with Crippen LogP contribution in [0.1, 0.15) is 36.5 Å². The molecule has 1 heterocycles. The highest BCUT2D eigenvalue weighted by molar-refractivity contribution is 7.89. The van der Waals surface area contributed by atoms with Crippen LogP contribution in [0.15, 0.2) is 24.3 Å². The molecule has 1 saturated heterocycles. The molecule has 0 bridgehead atoms. The summed E-state index contributed by atoms with van der Waals surface area (Å²) in [6.07, 6.45) is 2.69. The van der Waals surface area contributed by atoms with E-state index in [9.17, 15) is 17.6 Å². The van der Waals surface area contributed by atoms with E-state index in [1.165, 1.54) is 27.4 Å². The van der Waals surface area contributed by atoms with Crippen molar-refractivity contribution in [2.24, 2.45) is 0 Å². The van der Waals surface area contributed by atoms with Crippen molar-refractivity contribution >= 4 is 15.9 Å². The lowest BCUT2D eigenvalue weighted by Gasteiger charge is -2.28. The fraction of sp³-hybridized carbons (Fsp3) is 0.611. The van der Waals surface area contributed by atoms with Gasteiger partial charge in [0.2, 0.25) is 10.0 Å². The monoisotopic (exact) mass is 385 g/mol. The molecule has 0 aromatic heterocycles. The van der Waals surface area contributed by atoms with E-state index < -0.39 is 21.7 Å². The van der Waals surface area contributed by atoms with Crippen molar-refractivity contribution in [1.29, 1.82) is 0 Å². The molecular weight excluding hydrogens is 357 g/mol. The number of unbranched alkanes of at least 4 members (excludes halogenated alkanes) is 2. The molecule has 1 aliphatic heterocycles. The van der Waals surface area contributed by atoms with Gasteiger partial charge in [-0.3, -0.25) is 4.79 Å². The maximum Gasteiger partial charge on any atom is 0.256 e. The Morgan fingerprint density at radius 3 is 2.54 bits per heavy atom. The third-order valence-corrected chi connectivity index (χ3v) is 6.36. The first-order valence-corrected chi connectivity index (χ1v) is 10.8. The quantitative estimate of drug-likeness (QED) is 0.657. The number of sulfonamides is 1. The topological polar surface area (TPSA) is 69.7 Å². The first-order chi connectivity index (χ1) is 12.5. The third kappa shape index (κ3) is 5.75. The molecule has 1 fully saturated rings. The predicted octanol–water partition coefficient (Wildman–Crippen LogP) is 1.69. The Morgan fingerprint density at radius 2 is 1.88 bits per heavy atom. The fourth-order valence-corrected chi connectivity index (χ4v) is 4.40. The molecule has 0 saturated carbocycles. The van der Waals surface area contributed by atoms with Gasteiger partial charge in [-0.25, -0.2) is 12.8 Å². The summed E-state index contributed by atoms with van der Waals surface area (Å²) >= 11 is 0. The van der Waals surface area contributed by atoms with Gasteiger partial charge >= 0.3 is 0 Å². The normalized spacial score (nSPS) is 15.8. The molecule has 1 aromatic carbocycles. The van der Waals surface area contributed by atoms with Gasteiger partial charge < -0.3 is 10.2 Å². The van der Waals surface area contributed by atoms with E-state index in [1.807, 2.05) is 0 Å². The molecule has 6 nitrogen and oxygen atoms in total. The SMILES string of the molecule is CCCCCN(CCS(=O)(=O)N1CCNCC1)C(=O)c1ccccc1F. The zero-order chi connectivity index (χ0) is 19.0. The van der Waals surface area contributed by atoms with Gasteiger partial charge in [0.25, 0.3) is 5.91 Å². The number of hydrogen-bond acceptors (Lipinski definition) is 4. The van der Waals surface area contributed by atoms with E-state index in [-0.39, 0.29) is 17.9 Å². The lowest BCUT2D eigenvalue weighted by Crippen LogP contribution is -2.48. The van der Waals surface area contributed by atoms with Crippen LogP contribution in [-0.4, -0.2) is 68.6 Å². The van der Waals surface area contributed by atoms with E-state index >= 15 is 0 Å². The summed E-state index contributed by atoms with van der Waals surface area (Å²) in [5, 5.41) is 3.12. The summed E-state index contributed by atoms with van der Waals surface area (Å²) in [6.45, 7) is 4.71. The number of rotatable bonds is 9. The zero-order valence-corrected chi connectivity index (χ0v) is 16.1. The molecular formula is C18H28FN3O3S. The minimum absolute atomic E-state index is 0.0106. The van der Waals surface area contributed by atoms with Crippen LogP contribution in [0.2, 0.25) is 0 Å². The minimum Gasteiger partial charge on any atom is -0.337 e. The Balaban J connectivity index is 2.06. The van der Waals surface area contributed by atoms with Gasteiger partial charge in [0.05, 0.1) is 11.3 Å². The van der Waals surface area contributed by atoms with Crippen molar-refractivity contribution in [3.8, 4) is 0 Å². The number of benzene rings is 1. The van der Waals surface area contributed by atoms with E-state index in [0.29, 0.717) is 32.7 Å². The maximum absolute atomic E-state index is 14.0. The van der Waals surface area contributed by atoms with Crippen LogP contribution < -0.4 is 5.32 Å². The number of piperazine rings is 1. The zero-order valence-electron chi connectivity index (χ0n) is 15.3. The lowest BCUT2D eigenvalue weighted by molar-refractivity contribution is 0.0757. The molecule has 2 rings (SSSR count). The van der Waals surface area contributed by atoms with Crippen LogP contribution in [0, 0.1) is 5.82 Å². The second-order valence-electron chi connectivity index (χ2n) is 6.44. The van der Waals surface area contributed by atoms with E-state index in [0.717, 1.165) is 19.3 Å². The Bertz CT molecular complexity index is 691. The molecule has 1 aliphatic rings. The Labute approximate surface area is 155 Å². The number of hydrogen-bond donors (Lipinski definition) is 1. The molecule has 0 aliphatic carbocycles. The minimum atomic E-state index is -3.43. The molecule has 1 N–H and O–H groups in total. The Hall–Kier alpha value is -1.51. The summed E-state index contributed by atoms with van der Waals surface area (Å²) in [5.74, 6) is -1.17. The van der Waals surface area contributed by atoms with Gasteiger partial charge in [-0.1, -0.05) is 31.9 Å². The van der Waals surface area contributed by atoms with Crippen LogP contribution in [-0.2, 0) is 10.0 Å². The lowest BCUT2D eigenvalue weighted by atomic mass is 10.1. The number of carbonyl (C=O) groups excluding carboxylic acids is 1. The third-order valence-electron chi connectivity index (χ3n) is 4.51. The van der Waals surface area contributed by atoms with Gasteiger partial charge in [-0.05, 0) is 18.6 Å². The van der Waals surface area contributed by atoms with Crippen LogP contribution in [0.3, 0.4) is 0 Å². The second-order valence-corrected chi connectivity index (χ2v) is 8.53. The average Bonchev–Trinajstić information content (AvgIpc) is 2.65. The molecule has 0 unspecified atom stereocenters. The highest BCUT2D eigenvalue weighted by Crippen LogP contribution is 2.12. The molecule has 26 heavy (non-hydrogen) atoms. The number of halogens is 1. The first-order valence-electron chi connectivity index (χ1n) is 9.18. The maximum atomic E-state index is 14.0. The summed E-state index contributed by atoms with van der Waals surface area (Å²) in [5.41, 5.74) is -0.0106. The summed E-state index contributed by atoms with van der Waals surface area (Å²) in [6, 6.07) is 5.82. The van der Waals surface area contributed by atoms with Gasteiger partial charge in [0, 0.05) is 39.3 Å². The van der Waals surface area contributed by atoms with Gasteiger partial charge in [0.1, 0.15) is 5.82 Å². The van der Waals surface area contributed by atoms with Crippen molar-refractivity contribution in [3.63, 3.8) is 0 Å². The van der Waals surface area contributed by atoms with E-state index in [2.05, 4.69) is 12.2 Å². The second kappa shape index (κ2) is 9.99. The largest absolute Gasteiger partial charge is 0.337 e. The van der Waals surface area contributed by atoms with Crippen molar-refractivity contribution in [3.05, 3.63) is 35.6 Å². The van der Waals surface area contributed by atoms with Crippen LogP contribution >= 0.6 is 0 Å². The highest BCUT2D eigenvalue weighted by Gasteiger charge is 2.26. The molecule has 146 valence electrons. The van der Waals surface area contributed by atoms with E-state index in [4.69, 9.17) is 0 Å². The first kappa shape index (κ1) is 20.8. The van der Waals surface area contributed by atoms with Crippen LogP contribution in [0.25, 0.3) is 0 Å². The number of carbonyl (C=O) groups is 1. The van der Waals surface area contributed by atoms with Gasteiger partial charge in [-0.15, -0.1) is 0 Å². The van der Waals surface area contributed by atoms with Gasteiger partial charge in [0.15, 0.2) is 0 Å². The van der Waals surface area contributed by atoms with Crippen molar-refractivity contribution in [1.82, 2.24) is 14.5 Å². The molecule has 0 spiro atoms. The highest BCUT2D eigenvalue weighted by atomic mass is 32.2.